The van der Waals surface area contributed by atoms with Gasteiger partial charge >= 0.3 is 6.03 Å². The number of nitrogens with one attached hydrogen (secondary N) is 2. The van der Waals surface area contributed by atoms with E-state index in [1.807, 2.05) is 10.6 Å². The van der Waals surface area contributed by atoms with Gasteiger partial charge in [-0.2, -0.15) is 0 Å². The van der Waals surface area contributed by atoms with E-state index in [2.05, 4.69) is 10.2 Å². The molecule has 0 unspecified atom stereocenters. The van der Waals surface area contributed by atoms with Crippen molar-refractivity contribution in [3.8, 4) is 0 Å². The van der Waals surface area contributed by atoms with Gasteiger partial charge in [0.25, 0.3) is 0 Å². The maximum absolute atomic E-state index is 10.7. The van der Waals surface area contributed by atoms with E-state index in [1.54, 1.807) is 0 Å². The number of rotatable bonds is 0. The summed E-state index contributed by atoms with van der Waals surface area (Å²) < 4.78 is 0. The van der Waals surface area contributed by atoms with E-state index in [4.69, 9.17) is 23.2 Å². The normalized spacial score (nSPS) is 12.3. The summed E-state index contributed by atoms with van der Waals surface area (Å²) >= 11 is 0. The molecule has 2 amide bonds. The Morgan fingerprint density at radius 3 is 1.58 bits per heavy atom. The van der Waals surface area contributed by atoms with E-state index in [-0.39, 0.29) is 11.9 Å². The smallest absolute Gasteiger partial charge is 0.328 e. The summed E-state index contributed by atoms with van der Waals surface area (Å²) in [5.41, 5.74) is 10.1. The van der Waals surface area contributed by atoms with Crippen molar-refractivity contribution in [2.75, 3.05) is 0 Å². The molecule has 0 aliphatic heterocycles. The Balaban J connectivity index is 3.91. The third kappa shape index (κ3) is 3.76. The first-order valence-electron chi connectivity index (χ1n) is 2.75. The number of hydrogen-bond donors (Lipinski definition) is 6. The van der Waals surface area contributed by atoms with Crippen LogP contribution in [0.15, 0.2) is 10.2 Å². The van der Waals surface area contributed by atoms with Gasteiger partial charge in [0.1, 0.15) is 0 Å². The first-order chi connectivity index (χ1) is 5.60. The third-order valence-corrected chi connectivity index (χ3v) is 0.761. The molecule has 0 spiro atoms. The number of nitrogens with zero attached hydrogens (tertiary/aromatic N) is 2. The van der Waals surface area contributed by atoms with E-state index < -0.39 is 6.03 Å². The lowest BCUT2D eigenvalue weighted by Crippen LogP contribution is -2.48. The lowest BCUT2D eigenvalue weighted by atomic mass is 10.8. The van der Waals surface area contributed by atoms with Gasteiger partial charge in [-0.3, -0.25) is 10.6 Å². The molecule has 0 fully saturated rings. The minimum absolute atomic E-state index is 0.252. The molecule has 0 bridgehead atoms. The van der Waals surface area contributed by atoms with E-state index in [0.29, 0.717) is 0 Å². The number of urea groups is 1. The highest BCUT2D eigenvalue weighted by molar-refractivity contribution is 6.02. The van der Waals surface area contributed by atoms with Gasteiger partial charge in [-0.05, 0) is 0 Å². The van der Waals surface area contributed by atoms with Crippen LogP contribution in [-0.2, 0) is 0 Å². The second-order valence-electron chi connectivity index (χ2n) is 1.61. The second kappa shape index (κ2) is 4.60. The maximum Gasteiger partial charge on any atom is 0.328 e. The third-order valence-electron chi connectivity index (χ3n) is 0.761. The fourth-order valence-electron chi connectivity index (χ4n) is 0.328. The van der Waals surface area contributed by atoms with Crippen LogP contribution in [0.5, 0.6) is 0 Å². The Hall–Kier alpha value is -2.19. The standard InChI is InChI=1S/C3H10N8O/c4-1(10-6)8-3(12)9-2(5)11-7/h6-7H2,(H6,4,5,8,9,10,11,12). The Bertz CT molecular complexity index is 196. The minimum atomic E-state index is -0.728. The molecule has 10 N–H and O–H groups in total. The number of nitrogens with two attached hydrogens (primary N) is 4. The molecular formula is C3H10N8O. The number of hydrazone groups is 2. The van der Waals surface area contributed by atoms with Crippen molar-refractivity contribution in [2.45, 2.75) is 0 Å². The summed E-state index contributed by atoms with van der Waals surface area (Å²) in [5.74, 6) is 8.93. The van der Waals surface area contributed by atoms with Crippen molar-refractivity contribution in [2.24, 2.45) is 33.4 Å². The summed E-state index contributed by atoms with van der Waals surface area (Å²) in [6, 6.07) is -0.728. The second-order valence-corrected chi connectivity index (χ2v) is 1.61. The van der Waals surface area contributed by atoms with E-state index >= 15 is 0 Å². The van der Waals surface area contributed by atoms with Gasteiger partial charge in [-0.15, -0.1) is 10.2 Å². The molecule has 0 aromatic carbocycles. The highest BCUT2D eigenvalue weighted by Crippen LogP contribution is 1.63. The van der Waals surface area contributed by atoms with Gasteiger partial charge in [-0.25, -0.2) is 4.79 Å². The molecular weight excluding hydrogens is 164 g/mol. The first kappa shape index (κ1) is 9.81. The molecule has 12 heavy (non-hydrogen) atoms. The summed E-state index contributed by atoms with van der Waals surface area (Å²) in [6.07, 6.45) is 0. The number of hydrogen-bond acceptors (Lipinski definition) is 5. The number of amides is 2. The minimum Gasteiger partial charge on any atom is -0.368 e. The Kier molecular flexibility index (Phi) is 3.76. The number of carbonyl (C=O) groups excluding carboxylic acids is 1. The van der Waals surface area contributed by atoms with Crippen LogP contribution < -0.4 is 33.8 Å². The molecule has 0 radical (unpaired) electrons. The van der Waals surface area contributed by atoms with Crippen LogP contribution in [0.2, 0.25) is 0 Å². The van der Waals surface area contributed by atoms with Crippen molar-refractivity contribution in [3.05, 3.63) is 0 Å². The zero-order valence-corrected chi connectivity index (χ0v) is 6.11. The van der Waals surface area contributed by atoms with E-state index in [1.165, 1.54) is 0 Å². The molecule has 0 aromatic rings. The van der Waals surface area contributed by atoms with Crippen LogP contribution in [0.25, 0.3) is 0 Å². The molecule has 0 atom stereocenters. The molecule has 9 nitrogen and oxygen atoms in total. The van der Waals surface area contributed by atoms with Crippen LogP contribution in [-0.4, -0.2) is 18.0 Å². The van der Waals surface area contributed by atoms with Gasteiger partial charge in [0.15, 0.2) is 0 Å². The molecule has 9 heteroatoms. The number of carbonyl (C=O) groups is 1. The summed E-state index contributed by atoms with van der Waals surface area (Å²) in [4.78, 5) is 10.7. The molecule has 0 rings (SSSR count). The van der Waals surface area contributed by atoms with Crippen molar-refractivity contribution >= 4 is 18.0 Å². The zero-order valence-electron chi connectivity index (χ0n) is 6.11. The fraction of sp³-hybridized carbons (Fsp3) is 0. The van der Waals surface area contributed by atoms with Gasteiger partial charge in [0, 0.05) is 0 Å². The van der Waals surface area contributed by atoms with Crippen LogP contribution in [0, 0.1) is 0 Å². The van der Waals surface area contributed by atoms with Gasteiger partial charge in [0.2, 0.25) is 11.9 Å². The topological polar surface area (TPSA) is 170 Å². The van der Waals surface area contributed by atoms with Crippen molar-refractivity contribution < 1.29 is 4.79 Å². The highest BCUT2D eigenvalue weighted by Gasteiger charge is 2.02. The van der Waals surface area contributed by atoms with Gasteiger partial charge in [-0.1, -0.05) is 0 Å². The Labute approximate surface area is 67.8 Å². The van der Waals surface area contributed by atoms with Gasteiger partial charge in [0.05, 0.1) is 0 Å². The van der Waals surface area contributed by atoms with Crippen LogP contribution >= 0.6 is 0 Å². The van der Waals surface area contributed by atoms with Crippen LogP contribution in [0.3, 0.4) is 0 Å². The molecule has 0 saturated heterocycles. The quantitative estimate of drug-likeness (QED) is 0.0973. The lowest BCUT2D eigenvalue weighted by Gasteiger charge is -2.03. The predicted molar refractivity (Wildman–Crippen MR) is 43.3 cm³/mol. The first-order valence-corrected chi connectivity index (χ1v) is 2.75. The molecule has 0 heterocycles. The number of guanidine groups is 2. The maximum atomic E-state index is 10.7. The summed E-state index contributed by atoms with van der Waals surface area (Å²) in [5, 5.41) is 10.0. The van der Waals surface area contributed by atoms with Crippen molar-refractivity contribution in [1.82, 2.24) is 10.6 Å². The summed E-state index contributed by atoms with van der Waals surface area (Å²) in [6.45, 7) is 0. The molecule has 0 aromatic heterocycles. The average Bonchev–Trinajstić information content (AvgIpc) is 2.03. The summed E-state index contributed by atoms with van der Waals surface area (Å²) in [7, 11) is 0. The lowest BCUT2D eigenvalue weighted by molar-refractivity contribution is 0.249. The van der Waals surface area contributed by atoms with Gasteiger partial charge < -0.3 is 23.2 Å². The highest BCUT2D eigenvalue weighted by atomic mass is 16.2. The molecule has 0 saturated carbocycles. The zero-order chi connectivity index (χ0) is 9.56. The van der Waals surface area contributed by atoms with Crippen LogP contribution in [0.1, 0.15) is 0 Å². The largest absolute Gasteiger partial charge is 0.368 e. The Morgan fingerprint density at radius 1 is 1.00 bits per heavy atom. The Morgan fingerprint density at radius 2 is 1.33 bits per heavy atom. The van der Waals surface area contributed by atoms with E-state index in [9.17, 15) is 4.79 Å². The fourth-order valence-corrected chi connectivity index (χ4v) is 0.328. The molecule has 68 valence electrons. The monoisotopic (exact) mass is 174 g/mol. The predicted octanol–water partition coefficient (Wildman–Crippen LogP) is -3.34. The van der Waals surface area contributed by atoms with Crippen molar-refractivity contribution in [3.63, 3.8) is 0 Å². The molecule has 0 aliphatic carbocycles. The van der Waals surface area contributed by atoms with Crippen LogP contribution in [0.4, 0.5) is 4.79 Å². The average molecular weight is 174 g/mol. The molecule has 0 aliphatic rings. The van der Waals surface area contributed by atoms with Crippen molar-refractivity contribution in [1.29, 1.82) is 0 Å². The SMILES string of the molecule is NN=C(N)NC(=O)NC(N)=NN. The van der Waals surface area contributed by atoms with E-state index in [0.717, 1.165) is 0 Å².